The van der Waals surface area contributed by atoms with Gasteiger partial charge in [-0.2, -0.15) is 5.26 Å². The maximum atomic E-state index is 11.9. The van der Waals surface area contributed by atoms with Crippen LogP contribution in [-0.4, -0.2) is 9.97 Å². The molecule has 2 aromatic heterocycles. The van der Waals surface area contributed by atoms with Gasteiger partial charge in [0.2, 0.25) is 0 Å². The lowest BCUT2D eigenvalue weighted by Crippen LogP contribution is -2.11. The highest BCUT2D eigenvalue weighted by atomic mass is 32.1. The third-order valence-electron chi connectivity index (χ3n) is 2.79. The fourth-order valence-electron chi connectivity index (χ4n) is 1.87. The van der Waals surface area contributed by atoms with Crippen LogP contribution in [0.1, 0.15) is 30.1 Å². The van der Waals surface area contributed by atoms with Gasteiger partial charge in [0, 0.05) is 0 Å². The molecule has 0 amide bonds. The van der Waals surface area contributed by atoms with Gasteiger partial charge in [-0.25, -0.2) is 4.98 Å². The molecule has 1 aliphatic rings. The fourth-order valence-corrected chi connectivity index (χ4v) is 2.91. The summed E-state index contributed by atoms with van der Waals surface area (Å²) < 4.78 is 0. The van der Waals surface area contributed by atoms with Crippen LogP contribution < -0.4 is 5.56 Å². The van der Waals surface area contributed by atoms with E-state index in [4.69, 9.17) is 5.26 Å². The molecule has 1 fully saturated rings. The van der Waals surface area contributed by atoms with Crippen molar-refractivity contribution in [3.8, 4) is 6.07 Å². The van der Waals surface area contributed by atoms with E-state index in [2.05, 4.69) is 9.97 Å². The number of aromatic nitrogens is 2. The number of nitriles is 1. The zero-order valence-electron chi connectivity index (χ0n) is 8.49. The van der Waals surface area contributed by atoms with E-state index in [1.165, 1.54) is 24.2 Å². The molecule has 0 radical (unpaired) electrons. The Morgan fingerprint density at radius 2 is 2.44 bits per heavy atom. The molecule has 0 aromatic carbocycles. The van der Waals surface area contributed by atoms with Crippen LogP contribution in [0.2, 0.25) is 0 Å². The maximum absolute atomic E-state index is 11.9. The Kier molecular flexibility index (Phi) is 2.04. The fraction of sp³-hybridized carbons (Fsp3) is 0.364. The van der Waals surface area contributed by atoms with Crippen molar-refractivity contribution < 1.29 is 0 Å². The first-order chi connectivity index (χ1) is 7.79. The molecule has 0 unspecified atom stereocenters. The molecule has 0 spiro atoms. The number of nitrogens with zero attached hydrogens (tertiary/aromatic N) is 2. The quantitative estimate of drug-likeness (QED) is 0.858. The highest BCUT2D eigenvalue weighted by Gasteiger charge is 2.27. The van der Waals surface area contributed by atoms with E-state index in [9.17, 15) is 4.79 Å². The van der Waals surface area contributed by atoms with Crippen molar-refractivity contribution in [3.63, 3.8) is 0 Å². The summed E-state index contributed by atoms with van der Waals surface area (Å²) in [4.78, 5) is 19.6. The summed E-state index contributed by atoms with van der Waals surface area (Å²) in [5.74, 6) is 1.02. The van der Waals surface area contributed by atoms with Crippen LogP contribution in [0.15, 0.2) is 10.2 Å². The average Bonchev–Trinajstić information content (AvgIpc) is 3.00. The lowest BCUT2D eigenvalue weighted by molar-refractivity contribution is 1.00. The third kappa shape index (κ3) is 1.42. The second-order valence-electron chi connectivity index (χ2n) is 3.99. The lowest BCUT2D eigenvalue weighted by atomic mass is 10.1. The Labute approximate surface area is 95.6 Å². The van der Waals surface area contributed by atoms with Gasteiger partial charge in [0.1, 0.15) is 10.7 Å². The second-order valence-corrected chi connectivity index (χ2v) is 4.85. The Bertz CT molecular complexity index is 645. The first-order valence-corrected chi connectivity index (χ1v) is 6.05. The number of hydrogen-bond acceptors (Lipinski definition) is 4. The van der Waals surface area contributed by atoms with Crippen molar-refractivity contribution in [1.82, 2.24) is 9.97 Å². The van der Waals surface area contributed by atoms with Crippen LogP contribution in [-0.2, 0) is 6.42 Å². The molecule has 1 saturated carbocycles. The molecule has 2 aromatic rings. The monoisotopic (exact) mass is 231 g/mol. The predicted molar refractivity (Wildman–Crippen MR) is 61.5 cm³/mol. The van der Waals surface area contributed by atoms with Crippen molar-refractivity contribution >= 4 is 21.6 Å². The minimum atomic E-state index is -0.0987. The van der Waals surface area contributed by atoms with Gasteiger partial charge in [0.25, 0.3) is 5.56 Å². The molecule has 80 valence electrons. The molecule has 3 rings (SSSR count). The molecule has 4 nitrogen and oxygen atoms in total. The van der Waals surface area contributed by atoms with Crippen molar-refractivity contribution in [1.29, 1.82) is 5.26 Å². The van der Waals surface area contributed by atoms with Gasteiger partial charge in [-0.15, -0.1) is 11.3 Å². The zero-order chi connectivity index (χ0) is 11.1. The van der Waals surface area contributed by atoms with Gasteiger partial charge in [0.15, 0.2) is 0 Å². The number of nitrogens with one attached hydrogen (secondary N) is 1. The highest BCUT2D eigenvalue weighted by molar-refractivity contribution is 7.16. The molecule has 5 heteroatoms. The molecule has 1 aliphatic carbocycles. The summed E-state index contributed by atoms with van der Waals surface area (Å²) in [7, 11) is 0. The Morgan fingerprint density at radius 1 is 1.62 bits per heavy atom. The molecular formula is C11H9N3OS. The van der Waals surface area contributed by atoms with Crippen LogP contribution in [0.25, 0.3) is 10.2 Å². The standard InChI is InChI=1S/C11H9N3OS/c12-4-3-8-13-10(15)9-7(6-1-2-6)5-16-11(9)14-8/h5-6H,1-3H2,(H,13,14,15). The first-order valence-electron chi connectivity index (χ1n) is 5.17. The van der Waals surface area contributed by atoms with Crippen LogP contribution in [0.3, 0.4) is 0 Å². The molecular weight excluding hydrogens is 222 g/mol. The van der Waals surface area contributed by atoms with E-state index in [0.717, 1.165) is 15.8 Å². The molecule has 0 bridgehead atoms. The number of fused-ring (bicyclic) bond motifs is 1. The normalized spacial score (nSPS) is 15.2. The predicted octanol–water partition coefficient (Wildman–Crippen LogP) is 1.93. The summed E-state index contributed by atoms with van der Waals surface area (Å²) in [6.45, 7) is 0. The van der Waals surface area contributed by atoms with Crippen molar-refractivity contribution in [3.05, 3.63) is 27.1 Å². The lowest BCUT2D eigenvalue weighted by Gasteiger charge is -1.96. The van der Waals surface area contributed by atoms with E-state index >= 15 is 0 Å². The van der Waals surface area contributed by atoms with Gasteiger partial charge in [-0.05, 0) is 29.7 Å². The molecule has 0 atom stereocenters. The van der Waals surface area contributed by atoms with Crippen LogP contribution in [0.4, 0.5) is 0 Å². The summed E-state index contributed by atoms with van der Waals surface area (Å²) in [6.07, 6.45) is 2.50. The van der Waals surface area contributed by atoms with Gasteiger partial charge >= 0.3 is 0 Å². The largest absolute Gasteiger partial charge is 0.309 e. The second kappa shape index (κ2) is 3.42. The molecule has 0 saturated heterocycles. The zero-order valence-corrected chi connectivity index (χ0v) is 9.30. The van der Waals surface area contributed by atoms with Crippen molar-refractivity contribution in [2.75, 3.05) is 0 Å². The average molecular weight is 231 g/mol. The SMILES string of the molecule is N#CCc1nc2scc(C3CC3)c2c(=O)[nH]1. The summed E-state index contributed by atoms with van der Waals surface area (Å²) in [6, 6.07) is 1.99. The summed E-state index contributed by atoms with van der Waals surface area (Å²) in [5.41, 5.74) is 1.04. The Balaban J connectivity index is 2.23. The molecule has 0 aliphatic heterocycles. The van der Waals surface area contributed by atoms with Crippen LogP contribution in [0.5, 0.6) is 0 Å². The van der Waals surface area contributed by atoms with E-state index in [1.807, 2.05) is 11.4 Å². The van der Waals surface area contributed by atoms with Gasteiger partial charge < -0.3 is 4.98 Å². The Morgan fingerprint density at radius 3 is 3.12 bits per heavy atom. The number of aromatic amines is 1. The summed E-state index contributed by atoms with van der Waals surface area (Å²) in [5, 5.41) is 11.3. The minimum Gasteiger partial charge on any atom is -0.309 e. The van der Waals surface area contributed by atoms with Gasteiger partial charge in [-0.3, -0.25) is 4.79 Å². The molecule has 2 heterocycles. The maximum Gasteiger partial charge on any atom is 0.259 e. The van der Waals surface area contributed by atoms with E-state index in [1.54, 1.807) is 0 Å². The third-order valence-corrected chi connectivity index (χ3v) is 3.68. The van der Waals surface area contributed by atoms with Gasteiger partial charge in [0.05, 0.1) is 17.9 Å². The minimum absolute atomic E-state index is 0.0987. The highest BCUT2D eigenvalue weighted by Crippen LogP contribution is 2.43. The molecule has 1 N–H and O–H groups in total. The van der Waals surface area contributed by atoms with E-state index in [0.29, 0.717) is 11.7 Å². The number of hydrogen-bond donors (Lipinski definition) is 1. The van der Waals surface area contributed by atoms with Crippen molar-refractivity contribution in [2.45, 2.75) is 25.2 Å². The smallest absolute Gasteiger partial charge is 0.259 e. The van der Waals surface area contributed by atoms with Crippen molar-refractivity contribution in [2.24, 2.45) is 0 Å². The van der Waals surface area contributed by atoms with Crippen LogP contribution in [0, 0.1) is 11.3 Å². The number of rotatable bonds is 2. The van der Waals surface area contributed by atoms with Gasteiger partial charge in [-0.1, -0.05) is 0 Å². The van der Waals surface area contributed by atoms with Crippen LogP contribution >= 0.6 is 11.3 Å². The number of H-pyrrole nitrogens is 1. The Hall–Kier alpha value is -1.67. The topological polar surface area (TPSA) is 69.5 Å². The first kappa shape index (κ1) is 9.55. The number of thiophene rings is 1. The van der Waals surface area contributed by atoms with E-state index in [-0.39, 0.29) is 12.0 Å². The molecule has 16 heavy (non-hydrogen) atoms. The van der Waals surface area contributed by atoms with E-state index < -0.39 is 0 Å². The summed E-state index contributed by atoms with van der Waals surface area (Å²) >= 11 is 1.50.